The molecule has 6 rings (SSSR count). The van der Waals surface area contributed by atoms with Crippen molar-refractivity contribution in [2.45, 2.75) is 166 Å². The molecule has 0 saturated heterocycles. The zero-order valence-corrected chi connectivity index (χ0v) is 44.8. The minimum absolute atomic E-state index is 0.0696. The fraction of sp³-hybridized carbons (Fsp3) is 0.519. The first-order chi connectivity index (χ1) is 34.2. The van der Waals surface area contributed by atoms with Crippen LogP contribution in [0.1, 0.15) is 111 Å². The third kappa shape index (κ3) is 17.0. The van der Waals surface area contributed by atoms with Gasteiger partial charge in [0.1, 0.15) is 24.4 Å². The molecule has 0 heterocycles. The zero-order valence-electron chi connectivity index (χ0n) is 42.8. The van der Waals surface area contributed by atoms with Gasteiger partial charge in [-0.1, -0.05) is 76.2 Å². The molecule has 0 bridgehead atoms. The van der Waals surface area contributed by atoms with Gasteiger partial charge in [-0.25, -0.2) is 9.59 Å². The molecular weight excluding hydrogens is 995 g/mol. The Labute approximate surface area is 426 Å². The van der Waals surface area contributed by atoms with E-state index in [1.54, 1.807) is 60.7 Å². The maximum Gasteiger partial charge on any atom is 0.573 e. The van der Waals surface area contributed by atoms with Crippen LogP contribution >= 0.6 is 0 Å². The second kappa shape index (κ2) is 24.1. The standard InChI is InChI=1S/C54H68F6O11Si2/c1-51(2,35-63-33-37-25-27-45(69-53(55,56)57)47(29-37)65-41-21-15-23-43(31-41)67-49(61)39-17-11-9-12-18-39)72(5,6)71-73(7,8)52(3,4)36-64-34-38-26-28-46(70-54(58,59)60)48(30-38)66-42-22-16-24-44(32-42)68-50(62)40-19-13-10-14-20-40/h9-14,17-20,25-30,41-44H,15-16,21-24,31-36H2,1-8H3/t41-,42-,43+,44+/m1/s1. The van der Waals surface area contributed by atoms with Gasteiger partial charge in [0.25, 0.3) is 0 Å². The molecule has 4 atom stereocenters. The number of ether oxygens (including phenoxy) is 8. The van der Waals surface area contributed by atoms with Crippen molar-refractivity contribution in [3.8, 4) is 23.0 Å². The van der Waals surface area contributed by atoms with Crippen molar-refractivity contribution in [2.75, 3.05) is 13.2 Å². The summed E-state index contributed by atoms with van der Waals surface area (Å²) in [6.07, 6.45) is -7.69. The van der Waals surface area contributed by atoms with E-state index in [0.717, 1.165) is 0 Å². The van der Waals surface area contributed by atoms with E-state index in [4.69, 9.17) is 32.5 Å². The number of alkyl halides is 6. The molecule has 0 unspecified atom stereocenters. The molecule has 73 heavy (non-hydrogen) atoms. The maximum absolute atomic E-state index is 13.5. The van der Waals surface area contributed by atoms with E-state index in [9.17, 15) is 35.9 Å². The Morgan fingerprint density at radius 2 is 0.863 bits per heavy atom. The van der Waals surface area contributed by atoms with Crippen molar-refractivity contribution in [3.63, 3.8) is 0 Å². The summed E-state index contributed by atoms with van der Waals surface area (Å²) in [5.74, 6) is -2.10. The Bertz CT molecular complexity index is 2270. The Balaban J connectivity index is 1.03. The van der Waals surface area contributed by atoms with Crippen LogP contribution in [0.25, 0.3) is 0 Å². The lowest BCUT2D eigenvalue weighted by atomic mass is 9.94. The Kier molecular flexibility index (Phi) is 18.9. The lowest BCUT2D eigenvalue weighted by Crippen LogP contribution is -2.56. The van der Waals surface area contributed by atoms with Crippen LogP contribution in [0.2, 0.25) is 36.3 Å². The maximum atomic E-state index is 13.5. The number of hydrogen-bond donors (Lipinski definition) is 0. The molecule has 400 valence electrons. The summed E-state index contributed by atoms with van der Waals surface area (Å²) in [5, 5.41) is -0.889. The lowest BCUT2D eigenvalue weighted by Gasteiger charge is -2.49. The third-order valence-corrected chi connectivity index (χ3v) is 24.9. The average molecular weight is 1060 g/mol. The number of benzene rings is 4. The molecule has 19 heteroatoms. The Morgan fingerprint density at radius 3 is 1.22 bits per heavy atom. The van der Waals surface area contributed by atoms with Crippen LogP contribution in [0.15, 0.2) is 97.1 Å². The quantitative estimate of drug-likeness (QED) is 0.0425. The lowest BCUT2D eigenvalue weighted by molar-refractivity contribution is -0.276. The topological polar surface area (TPSA) is 117 Å². The van der Waals surface area contributed by atoms with E-state index in [2.05, 4.69) is 63.4 Å². The van der Waals surface area contributed by atoms with Crippen molar-refractivity contribution in [2.24, 2.45) is 0 Å². The predicted molar refractivity (Wildman–Crippen MR) is 267 cm³/mol. The Hall–Kier alpha value is -5.09. The van der Waals surface area contributed by atoms with Crippen molar-refractivity contribution in [1.29, 1.82) is 0 Å². The molecule has 4 aromatic rings. The average Bonchev–Trinajstić information content (AvgIpc) is 3.30. The number of rotatable bonds is 22. The largest absolute Gasteiger partial charge is 0.573 e. The molecular formula is C54H68F6O11Si2. The molecule has 4 aromatic carbocycles. The summed E-state index contributed by atoms with van der Waals surface area (Å²) in [4.78, 5) is 25.5. The molecule has 2 saturated carbocycles. The Morgan fingerprint density at radius 1 is 0.507 bits per heavy atom. The normalized spacial score (nSPS) is 19.2. The van der Waals surface area contributed by atoms with E-state index in [1.165, 1.54) is 36.4 Å². The smallest absolute Gasteiger partial charge is 0.486 e. The first kappa shape index (κ1) is 57.2. The van der Waals surface area contributed by atoms with Gasteiger partial charge in [0.05, 0.1) is 37.6 Å². The van der Waals surface area contributed by atoms with E-state index in [1.807, 2.05) is 0 Å². The highest BCUT2D eigenvalue weighted by Gasteiger charge is 2.50. The van der Waals surface area contributed by atoms with Gasteiger partial charge in [-0.05, 0) is 124 Å². The summed E-state index contributed by atoms with van der Waals surface area (Å²) in [6.45, 7) is 17.5. The molecule has 2 aliphatic carbocycles. The van der Waals surface area contributed by atoms with Gasteiger partial charge in [-0.2, -0.15) is 0 Å². The predicted octanol–water partition coefficient (Wildman–Crippen LogP) is 14.3. The highest BCUT2D eigenvalue weighted by Crippen LogP contribution is 2.46. The number of carbonyl (C=O) groups is 2. The van der Waals surface area contributed by atoms with Crippen LogP contribution in [0.3, 0.4) is 0 Å². The molecule has 0 radical (unpaired) electrons. The van der Waals surface area contributed by atoms with Crippen molar-refractivity contribution in [3.05, 3.63) is 119 Å². The van der Waals surface area contributed by atoms with E-state index >= 15 is 0 Å². The molecule has 11 nitrogen and oxygen atoms in total. The van der Waals surface area contributed by atoms with Gasteiger partial charge < -0.3 is 42.0 Å². The second-order valence-corrected chi connectivity index (χ2v) is 30.7. The van der Waals surface area contributed by atoms with Gasteiger partial charge in [0, 0.05) is 22.9 Å². The summed E-state index contributed by atoms with van der Waals surface area (Å²) in [7, 11) is -5.19. The number of carbonyl (C=O) groups excluding carboxylic acids is 2. The van der Waals surface area contributed by atoms with Crippen LogP contribution in [0.4, 0.5) is 26.3 Å². The monoisotopic (exact) mass is 1060 g/mol. The van der Waals surface area contributed by atoms with Gasteiger partial charge in [0.15, 0.2) is 39.6 Å². The number of esters is 2. The third-order valence-electron chi connectivity index (χ3n) is 14.0. The molecule has 0 amide bonds. The summed E-state index contributed by atoms with van der Waals surface area (Å²) >= 11 is 0. The van der Waals surface area contributed by atoms with Gasteiger partial charge in [-0.3, -0.25) is 0 Å². The van der Waals surface area contributed by atoms with Gasteiger partial charge in [0.2, 0.25) is 0 Å². The molecule has 2 fully saturated rings. The first-order valence-electron chi connectivity index (χ1n) is 24.7. The van der Waals surface area contributed by atoms with E-state index in [0.29, 0.717) is 73.6 Å². The van der Waals surface area contributed by atoms with Crippen molar-refractivity contribution < 1.29 is 77.9 Å². The summed E-state index contributed by atoms with van der Waals surface area (Å²) in [6, 6.07) is 25.6. The van der Waals surface area contributed by atoms with Crippen LogP contribution in [-0.2, 0) is 36.3 Å². The van der Waals surface area contributed by atoms with Crippen LogP contribution in [0.5, 0.6) is 23.0 Å². The summed E-state index contributed by atoms with van der Waals surface area (Å²) in [5.41, 5.74) is 1.96. The summed E-state index contributed by atoms with van der Waals surface area (Å²) < 4.78 is 133. The van der Waals surface area contributed by atoms with Crippen LogP contribution in [-0.4, -0.2) is 78.9 Å². The highest BCUT2D eigenvalue weighted by atomic mass is 28.4. The second-order valence-electron chi connectivity index (χ2n) is 21.1. The fourth-order valence-corrected chi connectivity index (χ4v) is 16.8. The molecule has 0 N–H and O–H groups in total. The van der Waals surface area contributed by atoms with E-state index in [-0.39, 0.29) is 37.9 Å². The van der Waals surface area contributed by atoms with Crippen LogP contribution in [0, 0.1) is 0 Å². The van der Waals surface area contributed by atoms with Crippen molar-refractivity contribution >= 4 is 28.6 Å². The SMILES string of the molecule is CC(C)(COCc1ccc(OC(F)(F)F)c(O[C@@H]2CCC[C@H](OC(=O)c3ccccc3)C2)c1)[Si](C)(C)O[Si](C)(C)C(C)(C)COCc1ccc(OC(F)(F)F)c(O[C@@H]2CCC[C@H](OC(=O)c3ccccc3)C2)c1. The molecule has 0 aromatic heterocycles. The fourth-order valence-electron chi connectivity index (χ4n) is 8.58. The number of halogens is 6. The highest BCUT2D eigenvalue weighted by molar-refractivity contribution is 6.87. The van der Waals surface area contributed by atoms with Gasteiger partial charge in [-0.15, -0.1) is 26.3 Å². The molecule has 2 aliphatic rings. The first-order valence-corrected chi connectivity index (χ1v) is 30.5. The number of hydrogen-bond acceptors (Lipinski definition) is 11. The van der Waals surface area contributed by atoms with Gasteiger partial charge >= 0.3 is 24.7 Å². The molecule has 0 spiro atoms. The van der Waals surface area contributed by atoms with Crippen LogP contribution < -0.4 is 18.9 Å². The van der Waals surface area contributed by atoms with Crippen molar-refractivity contribution in [1.82, 2.24) is 0 Å². The molecule has 0 aliphatic heterocycles. The minimum atomic E-state index is -4.96. The minimum Gasteiger partial charge on any atom is -0.486 e. The van der Waals surface area contributed by atoms with E-state index < -0.39 is 87.3 Å². The zero-order chi connectivity index (χ0) is 53.2.